The van der Waals surface area contributed by atoms with Gasteiger partial charge in [0.1, 0.15) is 0 Å². The van der Waals surface area contributed by atoms with Crippen molar-refractivity contribution in [2.24, 2.45) is 23.7 Å². The summed E-state index contributed by atoms with van der Waals surface area (Å²) < 4.78 is 37.6. The summed E-state index contributed by atoms with van der Waals surface area (Å²) in [6.45, 7) is 17.9. The number of carbonyl (C=O) groups is 2. The summed E-state index contributed by atoms with van der Waals surface area (Å²) in [7, 11) is -3.67. The fourth-order valence-electron chi connectivity index (χ4n) is 7.99. The topological polar surface area (TPSA) is 139 Å². The highest BCUT2D eigenvalue weighted by Crippen LogP contribution is 2.33. The van der Waals surface area contributed by atoms with Crippen molar-refractivity contribution in [3.8, 4) is 11.5 Å². The highest BCUT2D eigenvalue weighted by molar-refractivity contribution is 7.85. The maximum absolute atomic E-state index is 13.2. The molecule has 1 aromatic carbocycles. The maximum Gasteiger partial charge on any atom is 0.311 e. The summed E-state index contributed by atoms with van der Waals surface area (Å²) in [4.78, 5) is 26.4. The van der Waals surface area contributed by atoms with Crippen LogP contribution >= 0.6 is 0 Å². The van der Waals surface area contributed by atoms with Crippen LogP contribution in [-0.2, 0) is 19.7 Å². The zero-order chi connectivity index (χ0) is 46.6. The molecule has 10 heteroatoms. The smallest absolute Gasteiger partial charge is 0.311 e. The van der Waals surface area contributed by atoms with E-state index in [9.17, 15) is 23.1 Å². The Bertz CT molecular complexity index is 1340. The Hall–Kier alpha value is -2.01. The van der Waals surface area contributed by atoms with E-state index in [1.807, 2.05) is 13.8 Å². The lowest BCUT2D eigenvalue weighted by atomic mass is 9.93. The molecule has 62 heavy (non-hydrogen) atoms. The second-order valence-corrected chi connectivity index (χ2v) is 20.9. The van der Waals surface area contributed by atoms with Crippen LogP contribution in [0.5, 0.6) is 11.5 Å². The molecule has 0 aliphatic carbocycles. The first-order chi connectivity index (χ1) is 29.4. The van der Waals surface area contributed by atoms with Crippen LogP contribution in [-0.4, -0.2) is 48.9 Å². The van der Waals surface area contributed by atoms with Crippen molar-refractivity contribution < 1.29 is 37.1 Å². The van der Waals surface area contributed by atoms with E-state index in [4.69, 9.17) is 14.0 Å². The van der Waals surface area contributed by atoms with E-state index in [-0.39, 0.29) is 41.3 Å². The van der Waals surface area contributed by atoms with Crippen LogP contribution in [0, 0.1) is 23.7 Å². The summed E-state index contributed by atoms with van der Waals surface area (Å²) in [6.07, 6.45) is 34.3. The van der Waals surface area contributed by atoms with Gasteiger partial charge in [0.15, 0.2) is 11.5 Å². The van der Waals surface area contributed by atoms with Gasteiger partial charge in [-0.15, -0.1) is 0 Å². The Morgan fingerprint density at radius 3 is 1.27 bits per heavy atom. The zero-order valence-electron chi connectivity index (χ0n) is 41.5. The molecule has 1 rings (SSSR count). The number of unbranched alkanes of at least 4 members (excludes halogenated alkanes) is 16. The van der Waals surface area contributed by atoms with Crippen LogP contribution in [0.3, 0.4) is 0 Å². The lowest BCUT2D eigenvalue weighted by molar-refractivity contribution is -0.138. The molecule has 0 fully saturated rings. The molecule has 0 bridgehead atoms. The van der Waals surface area contributed by atoms with Gasteiger partial charge >= 0.3 is 11.9 Å². The van der Waals surface area contributed by atoms with Crippen molar-refractivity contribution >= 4 is 22.1 Å². The monoisotopic (exact) mass is 896 g/mol. The molecule has 0 aliphatic rings. The molecule has 3 N–H and O–H groups in total. The fourth-order valence-corrected chi connectivity index (χ4v) is 7.99. The number of benzene rings is 1. The van der Waals surface area contributed by atoms with Crippen molar-refractivity contribution in [3.63, 3.8) is 0 Å². The predicted octanol–water partition coefficient (Wildman–Crippen LogP) is 14.5. The lowest BCUT2D eigenvalue weighted by Crippen LogP contribution is -2.28. The SMILES string of the molecule is CCCCCCCCCCCC(C)CCCC(C)CC(=O)Oc1ccc(C(O)CNC(C)C)cc1OC(=O)CC(C)CCCC(C)CCCCCCCCCCC.CS(=O)(=O)O. The summed E-state index contributed by atoms with van der Waals surface area (Å²) in [6, 6.07) is 5.29. The first-order valence-corrected chi connectivity index (χ1v) is 27.2. The average molecular weight is 896 g/mol. The molecule has 0 saturated carbocycles. The van der Waals surface area contributed by atoms with Crippen LogP contribution in [0.15, 0.2) is 18.2 Å². The van der Waals surface area contributed by atoms with E-state index >= 15 is 0 Å². The van der Waals surface area contributed by atoms with Crippen molar-refractivity contribution in [1.29, 1.82) is 0 Å². The van der Waals surface area contributed by atoms with E-state index in [0.717, 1.165) is 31.6 Å². The summed E-state index contributed by atoms with van der Waals surface area (Å²) in [5, 5.41) is 14.1. The minimum absolute atomic E-state index is 0.195. The van der Waals surface area contributed by atoms with Crippen LogP contribution < -0.4 is 14.8 Å². The molecule has 364 valence electrons. The summed E-state index contributed by atoms with van der Waals surface area (Å²) in [5.74, 6) is 1.63. The van der Waals surface area contributed by atoms with Gasteiger partial charge in [-0.3, -0.25) is 14.1 Å². The molecular formula is C52H97NO8S. The molecule has 1 aromatic rings. The molecule has 0 aromatic heterocycles. The Labute approximate surface area is 382 Å². The Balaban J connectivity index is 0.00000700. The van der Waals surface area contributed by atoms with Gasteiger partial charge < -0.3 is 19.9 Å². The van der Waals surface area contributed by atoms with E-state index in [1.54, 1.807) is 18.2 Å². The molecular weight excluding hydrogens is 799 g/mol. The fraction of sp³-hybridized carbons (Fsp3) is 0.846. The van der Waals surface area contributed by atoms with Gasteiger partial charge in [0, 0.05) is 25.4 Å². The molecule has 0 aliphatic heterocycles. The number of hydrogen-bond acceptors (Lipinski definition) is 8. The zero-order valence-corrected chi connectivity index (χ0v) is 42.3. The second-order valence-electron chi connectivity index (χ2n) is 19.4. The standard InChI is InChI=1S/C51H93NO5.CH4O3S/c1-9-11-13-15-17-19-21-23-25-29-42(5)31-27-33-44(7)37-50(54)56-48-36-35-46(47(53)40-52-41(3)4)39-49(48)57-51(55)38-45(8)34-28-32-43(6)30-26-24-22-20-18-16-14-12-10-2;1-5(2,3)4/h35-36,39,41-45,47,52-53H,9-34,37-38,40H2,1-8H3;1H3,(H,2,3,4). The molecule has 0 heterocycles. The van der Waals surface area contributed by atoms with E-state index in [1.165, 1.54) is 141 Å². The molecule has 0 saturated heterocycles. The highest BCUT2D eigenvalue weighted by atomic mass is 32.2. The minimum atomic E-state index is -3.67. The van der Waals surface area contributed by atoms with Crippen molar-refractivity contribution in [1.82, 2.24) is 5.32 Å². The maximum atomic E-state index is 13.2. The number of ether oxygens (including phenoxy) is 2. The van der Waals surface area contributed by atoms with Crippen LogP contribution in [0.4, 0.5) is 0 Å². The molecule has 9 nitrogen and oxygen atoms in total. The number of nitrogens with one attached hydrogen (secondary N) is 1. The minimum Gasteiger partial charge on any atom is -0.423 e. The molecule has 0 radical (unpaired) electrons. The van der Waals surface area contributed by atoms with Crippen molar-refractivity contribution in [3.05, 3.63) is 23.8 Å². The number of aliphatic hydroxyl groups excluding tert-OH is 1. The molecule has 0 amide bonds. The quantitative estimate of drug-likeness (QED) is 0.0256. The Morgan fingerprint density at radius 1 is 0.548 bits per heavy atom. The Kier molecular flexibility index (Phi) is 37.0. The predicted molar refractivity (Wildman–Crippen MR) is 261 cm³/mol. The number of aliphatic hydroxyl groups is 1. The van der Waals surface area contributed by atoms with Crippen LogP contribution in [0.25, 0.3) is 0 Å². The first kappa shape index (κ1) is 60.0. The summed E-state index contributed by atoms with van der Waals surface area (Å²) in [5.41, 5.74) is 0.615. The highest BCUT2D eigenvalue weighted by Gasteiger charge is 2.20. The van der Waals surface area contributed by atoms with Gasteiger partial charge in [-0.25, -0.2) is 0 Å². The van der Waals surface area contributed by atoms with Gasteiger partial charge in [0.2, 0.25) is 0 Å². The normalized spacial score (nSPS) is 14.1. The lowest BCUT2D eigenvalue weighted by Gasteiger charge is -2.18. The van der Waals surface area contributed by atoms with E-state index in [0.29, 0.717) is 37.1 Å². The van der Waals surface area contributed by atoms with Gasteiger partial charge in [-0.1, -0.05) is 228 Å². The van der Waals surface area contributed by atoms with E-state index in [2.05, 4.69) is 46.9 Å². The number of esters is 2. The first-order valence-electron chi connectivity index (χ1n) is 25.3. The Morgan fingerprint density at radius 2 is 0.887 bits per heavy atom. The van der Waals surface area contributed by atoms with E-state index < -0.39 is 16.2 Å². The largest absolute Gasteiger partial charge is 0.423 e. The number of rotatable bonds is 38. The van der Waals surface area contributed by atoms with Gasteiger partial charge in [-0.2, -0.15) is 8.42 Å². The van der Waals surface area contributed by atoms with Gasteiger partial charge in [0.05, 0.1) is 12.4 Å². The van der Waals surface area contributed by atoms with Crippen LogP contribution in [0.1, 0.15) is 247 Å². The summed E-state index contributed by atoms with van der Waals surface area (Å²) >= 11 is 0. The van der Waals surface area contributed by atoms with Crippen molar-refractivity contribution in [2.45, 2.75) is 247 Å². The van der Waals surface area contributed by atoms with Gasteiger partial charge in [-0.05, 0) is 41.4 Å². The molecule has 5 unspecified atom stereocenters. The average Bonchev–Trinajstić information content (AvgIpc) is 3.18. The van der Waals surface area contributed by atoms with Crippen LogP contribution in [0.2, 0.25) is 0 Å². The second kappa shape index (κ2) is 38.3. The number of carbonyl (C=O) groups excluding carboxylic acids is 2. The number of hydrogen-bond donors (Lipinski definition) is 3. The van der Waals surface area contributed by atoms with Crippen molar-refractivity contribution in [2.75, 3.05) is 12.8 Å². The third kappa shape index (κ3) is 38.4. The van der Waals surface area contributed by atoms with Gasteiger partial charge in [0.25, 0.3) is 10.1 Å². The third-order valence-electron chi connectivity index (χ3n) is 11.9. The third-order valence-corrected chi connectivity index (χ3v) is 11.9. The molecule has 0 spiro atoms. The molecule has 5 atom stereocenters.